The molecule has 1 saturated carbocycles. The zero-order valence-electron chi connectivity index (χ0n) is 10.1. The van der Waals surface area contributed by atoms with Gasteiger partial charge in [-0.1, -0.05) is 19.8 Å². The Morgan fingerprint density at radius 3 is 2.60 bits per heavy atom. The van der Waals surface area contributed by atoms with Gasteiger partial charge in [0, 0.05) is 13.2 Å². The third kappa shape index (κ3) is 4.96. The molecule has 0 amide bonds. The Morgan fingerprint density at radius 2 is 2.00 bits per heavy atom. The Labute approximate surface area is 93.5 Å². The van der Waals surface area contributed by atoms with Gasteiger partial charge in [0.05, 0.1) is 19.8 Å². The first-order valence-electron chi connectivity index (χ1n) is 6.18. The van der Waals surface area contributed by atoms with Gasteiger partial charge in [0.15, 0.2) is 0 Å². The number of nitrogens with one attached hydrogen (secondary N) is 1. The maximum absolute atomic E-state index is 5.61. The Hall–Kier alpha value is -0.120. The van der Waals surface area contributed by atoms with Crippen LogP contribution in [0.3, 0.4) is 0 Å². The van der Waals surface area contributed by atoms with Crippen LogP contribution in [0.4, 0.5) is 0 Å². The van der Waals surface area contributed by atoms with E-state index in [9.17, 15) is 0 Å². The number of hydrogen-bond acceptors (Lipinski definition) is 3. The molecule has 0 spiro atoms. The third-order valence-electron chi connectivity index (χ3n) is 3.16. The third-order valence-corrected chi connectivity index (χ3v) is 3.16. The van der Waals surface area contributed by atoms with Gasteiger partial charge >= 0.3 is 0 Å². The van der Waals surface area contributed by atoms with Crippen LogP contribution in [0.1, 0.15) is 32.6 Å². The normalized spacial score (nSPS) is 19.6. The molecule has 1 atom stereocenters. The Kier molecular flexibility index (Phi) is 6.98. The largest absolute Gasteiger partial charge is 0.382 e. The van der Waals surface area contributed by atoms with Crippen LogP contribution in [0.2, 0.25) is 0 Å². The summed E-state index contributed by atoms with van der Waals surface area (Å²) < 4.78 is 10.6. The zero-order valence-corrected chi connectivity index (χ0v) is 10.1. The van der Waals surface area contributed by atoms with E-state index in [-0.39, 0.29) is 0 Å². The first-order chi connectivity index (χ1) is 7.38. The van der Waals surface area contributed by atoms with E-state index in [4.69, 9.17) is 9.47 Å². The lowest BCUT2D eigenvalue weighted by Gasteiger charge is -2.24. The van der Waals surface area contributed by atoms with Crippen LogP contribution >= 0.6 is 0 Å². The summed E-state index contributed by atoms with van der Waals surface area (Å²) >= 11 is 0. The van der Waals surface area contributed by atoms with Gasteiger partial charge in [-0.3, -0.25) is 0 Å². The lowest BCUT2D eigenvalue weighted by molar-refractivity contribution is 0.0497. The number of rotatable bonds is 8. The first-order valence-corrected chi connectivity index (χ1v) is 6.18. The van der Waals surface area contributed by atoms with E-state index < -0.39 is 0 Å². The van der Waals surface area contributed by atoms with Crippen molar-refractivity contribution < 1.29 is 9.47 Å². The van der Waals surface area contributed by atoms with Gasteiger partial charge in [-0.05, 0) is 25.3 Å². The van der Waals surface area contributed by atoms with Crippen molar-refractivity contribution in [1.82, 2.24) is 5.32 Å². The van der Waals surface area contributed by atoms with Crippen molar-refractivity contribution in [3.8, 4) is 0 Å². The molecular formula is C12H25NO2. The smallest absolute Gasteiger partial charge is 0.0701 e. The van der Waals surface area contributed by atoms with Gasteiger partial charge in [-0.25, -0.2) is 0 Å². The van der Waals surface area contributed by atoms with Crippen LogP contribution in [-0.4, -0.2) is 39.5 Å². The second-order valence-corrected chi connectivity index (χ2v) is 4.28. The number of likely N-dealkylation sites (N-methyl/N-ethyl adjacent to an activating group) is 1. The second kappa shape index (κ2) is 8.08. The minimum atomic E-state index is 0.550. The molecule has 1 N–H and O–H groups in total. The fourth-order valence-electron chi connectivity index (χ4n) is 2.34. The van der Waals surface area contributed by atoms with Gasteiger partial charge in [-0.15, -0.1) is 0 Å². The van der Waals surface area contributed by atoms with Crippen LogP contribution in [0.15, 0.2) is 0 Å². The van der Waals surface area contributed by atoms with E-state index in [2.05, 4.69) is 12.2 Å². The second-order valence-electron chi connectivity index (χ2n) is 4.28. The van der Waals surface area contributed by atoms with Gasteiger partial charge in [0.25, 0.3) is 0 Å². The average molecular weight is 215 g/mol. The summed E-state index contributed by atoms with van der Waals surface area (Å²) in [5.74, 6) is 0.826. The molecule has 0 bridgehead atoms. The fourth-order valence-corrected chi connectivity index (χ4v) is 2.34. The highest BCUT2D eigenvalue weighted by Gasteiger charge is 2.24. The standard InChI is InChI=1S/C12H25NO2/c1-3-13-12(10-15-9-8-14-2)11-6-4-5-7-11/h11-13H,3-10H2,1-2H3. The molecule has 90 valence electrons. The molecule has 3 heteroatoms. The number of hydrogen-bond donors (Lipinski definition) is 1. The summed E-state index contributed by atoms with van der Waals surface area (Å²) in [6.07, 6.45) is 5.52. The Balaban J connectivity index is 2.17. The molecule has 15 heavy (non-hydrogen) atoms. The van der Waals surface area contributed by atoms with Crippen molar-refractivity contribution in [3.63, 3.8) is 0 Å². The summed E-state index contributed by atoms with van der Waals surface area (Å²) in [5, 5.41) is 3.54. The predicted octanol–water partition coefficient (Wildman–Crippen LogP) is 1.82. The molecule has 0 heterocycles. The summed E-state index contributed by atoms with van der Waals surface area (Å²) in [6, 6.07) is 0.550. The van der Waals surface area contributed by atoms with Crippen molar-refractivity contribution in [2.24, 2.45) is 5.92 Å². The summed E-state index contributed by atoms with van der Waals surface area (Å²) in [6.45, 7) is 5.45. The van der Waals surface area contributed by atoms with E-state index in [1.807, 2.05) is 0 Å². The minimum Gasteiger partial charge on any atom is -0.382 e. The van der Waals surface area contributed by atoms with Gasteiger partial charge in [0.2, 0.25) is 0 Å². The van der Waals surface area contributed by atoms with Crippen LogP contribution < -0.4 is 5.32 Å². The van der Waals surface area contributed by atoms with Crippen molar-refractivity contribution in [2.75, 3.05) is 33.5 Å². The van der Waals surface area contributed by atoms with E-state index in [1.54, 1.807) is 7.11 Å². The molecule has 1 aliphatic rings. The van der Waals surface area contributed by atoms with Crippen LogP contribution in [0, 0.1) is 5.92 Å². The molecule has 0 saturated heterocycles. The highest BCUT2D eigenvalue weighted by molar-refractivity contribution is 4.80. The van der Waals surface area contributed by atoms with Gasteiger partial charge in [0.1, 0.15) is 0 Å². The minimum absolute atomic E-state index is 0.550. The maximum atomic E-state index is 5.61. The highest BCUT2D eigenvalue weighted by atomic mass is 16.5. The summed E-state index contributed by atoms with van der Waals surface area (Å²) in [5.41, 5.74) is 0. The van der Waals surface area contributed by atoms with E-state index in [0.717, 1.165) is 19.1 Å². The lowest BCUT2D eigenvalue weighted by Crippen LogP contribution is -2.39. The van der Waals surface area contributed by atoms with E-state index in [1.165, 1.54) is 25.7 Å². The lowest BCUT2D eigenvalue weighted by atomic mass is 9.99. The maximum Gasteiger partial charge on any atom is 0.0701 e. The molecule has 0 aromatic rings. The molecule has 1 aliphatic carbocycles. The van der Waals surface area contributed by atoms with Crippen LogP contribution in [0.25, 0.3) is 0 Å². The molecule has 0 aromatic heterocycles. The predicted molar refractivity (Wildman–Crippen MR) is 62.1 cm³/mol. The van der Waals surface area contributed by atoms with Crippen molar-refractivity contribution in [3.05, 3.63) is 0 Å². The Bertz CT molecular complexity index is 147. The van der Waals surface area contributed by atoms with Gasteiger partial charge in [-0.2, -0.15) is 0 Å². The monoisotopic (exact) mass is 215 g/mol. The number of methoxy groups -OCH3 is 1. The van der Waals surface area contributed by atoms with Crippen molar-refractivity contribution in [1.29, 1.82) is 0 Å². The zero-order chi connectivity index (χ0) is 10.9. The molecule has 1 fully saturated rings. The molecule has 3 nitrogen and oxygen atoms in total. The fraction of sp³-hybridized carbons (Fsp3) is 1.00. The Morgan fingerprint density at radius 1 is 1.27 bits per heavy atom. The molecule has 0 radical (unpaired) electrons. The quantitative estimate of drug-likeness (QED) is 0.626. The SMILES string of the molecule is CCNC(COCCOC)C1CCCC1. The highest BCUT2D eigenvalue weighted by Crippen LogP contribution is 2.27. The molecule has 0 aliphatic heterocycles. The van der Waals surface area contributed by atoms with Crippen molar-refractivity contribution >= 4 is 0 Å². The van der Waals surface area contributed by atoms with E-state index >= 15 is 0 Å². The van der Waals surface area contributed by atoms with Gasteiger partial charge < -0.3 is 14.8 Å². The first kappa shape index (κ1) is 12.9. The van der Waals surface area contributed by atoms with E-state index in [0.29, 0.717) is 19.3 Å². The summed E-state index contributed by atoms with van der Waals surface area (Å²) in [7, 11) is 1.71. The summed E-state index contributed by atoms with van der Waals surface area (Å²) in [4.78, 5) is 0. The van der Waals surface area contributed by atoms with Crippen LogP contribution in [0.5, 0.6) is 0 Å². The average Bonchev–Trinajstić information content (AvgIpc) is 2.76. The molecule has 1 rings (SSSR count). The molecule has 0 aromatic carbocycles. The van der Waals surface area contributed by atoms with Crippen molar-refractivity contribution in [2.45, 2.75) is 38.6 Å². The molecular weight excluding hydrogens is 190 g/mol. The molecule has 1 unspecified atom stereocenters. The number of ether oxygens (including phenoxy) is 2. The topological polar surface area (TPSA) is 30.5 Å². The van der Waals surface area contributed by atoms with Crippen LogP contribution in [-0.2, 0) is 9.47 Å².